The van der Waals surface area contributed by atoms with E-state index in [2.05, 4.69) is 0 Å². The lowest BCUT2D eigenvalue weighted by atomic mass is 9.81. The van der Waals surface area contributed by atoms with E-state index in [1.165, 1.54) is 4.90 Å². The number of carbonyl (C=O) groups is 2. The summed E-state index contributed by atoms with van der Waals surface area (Å²) in [6, 6.07) is 7.08. The van der Waals surface area contributed by atoms with Crippen molar-refractivity contribution in [1.29, 1.82) is 0 Å². The summed E-state index contributed by atoms with van der Waals surface area (Å²) in [5, 5.41) is 0.796. The summed E-state index contributed by atoms with van der Waals surface area (Å²) in [4.78, 5) is 26.7. The average Bonchev–Trinajstić information content (AvgIpc) is 3.19. The number of rotatable bonds is 2. The number of carbonyl (C=O) groups excluding carboxylic acids is 2. The first-order chi connectivity index (χ1) is 11.6. The first kappa shape index (κ1) is 15.7. The van der Waals surface area contributed by atoms with E-state index in [0.717, 1.165) is 25.7 Å². The SMILES string of the molecule is O=C1C2CCCCC2C(=O)N1c1cc(Cl)c(-n2cccc2)cc1Cl. The number of amides is 2. The van der Waals surface area contributed by atoms with Crippen molar-refractivity contribution in [3.05, 3.63) is 46.7 Å². The quantitative estimate of drug-likeness (QED) is 0.739. The lowest BCUT2D eigenvalue weighted by molar-refractivity contribution is -0.122. The lowest BCUT2D eigenvalue weighted by Crippen LogP contribution is -2.31. The Morgan fingerprint density at radius 1 is 0.833 bits per heavy atom. The first-order valence-electron chi connectivity index (χ1n) is 8.08. The lowest BCUT2D eigenvalue weighted by Gasteiger charge is -2.19. The van der Waals surface area contributed by atoms with Gasteiger partial charge in [-0.3, -0.25) is 9.59 Å². The number of aromatic nitrogens is 1. The van der Waals surface area contributed by atoms with Crippen LogP contribution >= 0.6 is 23.2 Å². The molecule has 1 saturated heterocycles. The Morgan fingerprint density at radius 2 is 1.33 bits per heavy atom. The van der Waals surface area contributed by atoms with Crippen molar-refractivity contribution < 1.29 is 9.59 Å². The van der Waals surface area contributed by atoms with Crippen LogP contribution in [-0.2, 0) is 9.59 Å². The van der Waals surface area contributed by atoms with Crippen molar-refractivity contribution in [2.24, 2.45) is 11.8 Å². The Balaban J connectivity index is 1.76. The highest BCUT2D eigenvalue weighted by Gasteiger charge is 2.49. The average molecular weight is 363 g/mol. The second kappa shape index (κ2) is 5.94. The molecule has 2 aromatic rings. The van der Waals surface area contributed by atoms with E-state index in [1.807, 2.05) is 29.1 Å². The number of imide groups is 1. The monoisotopic (exact) mass is 362 g/mol. The molecule has 2 fully saturated rings. The molecule has 2 unspecified atom stereocenters. The van der Waals surface area contributed by atoms with Crippen molar-refractivity contribution in [3.8, 4) is 5.69 Å². The standard InChI is InChI=1S/C18H16Cl2N2O2/c19-13-10-16(14(20)9-15(13)21-7-3-4-8-21)22-17(23)11-5-1-2-6-12(11)18(22)24/h3-4,7-12H,1-2,5-6H2. The van der Waals surface area contributed by atoms with Crippen LogP contribution in [0.25, 0.3) is 5.69 Å². The second-order valence-electron chi connectivity index (χ2n) is 6.35. The van der Waals surface area contributed by atoms with Crippen LogP contribution in [0.15, 0.2) is 36.7 Å². The summed E-state index contributed by atoms with van der Waals surface area (Å²) >= 11 is 12.8. The molecule has 4 rings (SSSR count). The molecule has 2 aliphatic rings. The Bertz CT molecular complexity index is 793. The van der Waals surface area contributed by atoms with Crippen molar-refractivity contribution >= 4 is 40.7 Å². The van der Waals surface area contributed by atoms with Crippen molar-refractivity contribution in [3.63, 3.8) is 0 Å². The predicted octanol–water partition coefficient (Wildman–Crippen LogP) is 4.46. The summed E-state index contributed by atoms with van der Waals surface area (Å²) < 4.78 is 1.84. The van der Waals surface area contributed by atoms with Gasteiger partial charge in [0.25, 0.3) is 0 Å². The molecule has 4 nitrogen and oxygen atoms in total. The van der Waals surface area contributed by atoms with Crippen LogP contribution in [0.2, 0.25) is 10.0 Å². The molecule has 0 radical (unpaired) electrons. The molecular formula is C18H16Cl2N2O2. The van der Waals surface area contributed by atoms with E-state index in [9.17, 15) is 9.59 Å². The van der Waals surface area contributed by atoms with Gasteiger partial charge in [-0.25, -0.2) is 4.90 Å². The number of nitrogens with zero attached hydrogens (tertiary/aromatic N) is 2. The molecule has 2 heterocycles. The van der Waals surface area contributed by atoms with E-state index in [1.54, 1.807) is 12.1 Å². The van der Waals surface area contributed by atoms with Gasteiger partial charge in [-0.15, -0.1) is 0 Å². The molecular weight excluding hydrogens is 347 g/mol. The van der Waals surface area contributed by atoms with Gasteiger partial charge in [-0.1, -0.05) is 36.0 Å². The van der Waals surface area contributed by atoms with Crippen LogP contribution in [0.3, 0.4) is 0 Å². The number of anilines is 1. The number of halogens is 2. The molecule has 1 aliphatic heterocycles. The van der Waals surface area contributed by atoms with Gasteiger partial charge in [0, 0.05) is 12.4 Å². The molecule has 1 saturated carbocycles. The van der Waals surface area contributed by atoms with Gasteiger partial charge >= 0.3 is 0 Å². The third kappa shape index (κ3) is 2.36. The highest BCUT2D eigenvalue weighted by atomic mass is 35.5. The van der Waals surface area contributed by atoms with Crippen molar-refractivity contribution in [2.45, 2.75) is 25.7 Å². The maximum atomic E-state index is 12.7. The summed E-state index contributed by atoms with van der Waals surface area (Å²) in [7, 11) is 0. The summed E-state index contributed by atoms with van der Waals surface area (Å²) in [6.07, 6.45) is 7.26. The maximum Gasteiger partial charge on any atom is 0.237 e. The Kier molecular flexibility index (Phi) is 3.89. The van der Waals surface area contributed by atoms with Crippen molar-refractivity contribution in [1.82, 2.24) is 4.57 Å². The number of fused-ring (bicyclic) bond motifs is 1. The van der Waals surface area contributed by atoms with Gasteiger partial charge in [0.2, 0.25) is 11.8 Å². The van der Waals surface area contributed by atoms with Crippen LogP contribution in [0.5, 0.6) is 0 Å². The number of hydrogen-bond donors (Lipinski definition) is 0. The summed E-state index contributed by atoms with van der Waals surface area (Å²) in [5.41, 5.74) is 1.11. The summed E-state index contributed by atoms with van der Waals surface area (Å²) in [5.74, 6) is -0.691. The zero-order valence-electron chi connectivity index (χ0n) is 12.9. The van der Waals surface area contributed by atoms with Crippen LogP contribution in [0.1, 0.15) is 25.7 Å². The van der Waals surface area contributed by atoms with Crippen LogP contribution in [0.4, 0.5) is 5.69 Å². The molecule has 2 amide bonds. The maximum absolute atomic E-state index is 12.7. The first-order valence-corrected chi connectivity index (χ1v) is 8.83. The van der Waals surface area contributed by atoms with Crippen molar-refractivity contribution in [2.75, 3.05) is 4.90 Å². The fourth-order valence-electron chi connectivity index (χ4n) is 3.79. The van der Waals surface area contributed by atoms with E-state index < -0.39 is 0 Å². The van der Waals surface area contributed by atoms with Gasteiger partial charge in [0.1, 0.15) is 0 Å². The molecule has 1 aromatic carbocycles. The zero-order chi connectivity index (χ0) is 16.8. The minimum Gasteiger partial charge on any atom is -0.322 e. The Morgan fingerprint density at radius 3 is 1.92 bits per heavy atom. The van der Waals surface area contributed by atoms with Gasteiger partial charge in [-0.2, -0.15) is 0 Å². The Hall–Kier alpha value is -1.78. The molecule has 2 atom stereocenters. The molecule has 0 bridgehead atoms. The predicted molar refractivity (Wildman–Crippen MR) is 93.7 cm³/mol. The zero-order valence-corrected chi connectivity index (χ0v) is 14.4. The topological polar surface area (TPSA) is 42.3 Å². The molecule has 0 spiro atoms. The highest BCUT2D eigenvalue weighted by Crippen LogP contribution is 2.43. The third-order valence-electron chi connectivity index (χ3n) is 4.98. The van der Waals surface area contributed by atoms with E-state index >= 15 is 0 Å². The van der Waals surface area contributed by atoms with Gasteiger partial charge in [0.15, 0.2) is 0 Å². The van der Waals surface area contributed by atoms with Crippen LogP contribution in [0, 0.1) is 11.8 Å². The second-order valence-corrected chi connectivity index (χ2v) is 7.17. The minimum absolute atomic E-state index is 0.142. The molecule has 1 aliphatic carbocycles. The minimum atomic E-state index is -0.204. The molecule has 0 N–H and O–H groups in total. The number of benzene rings is 1. The number of hydrogen-bond acceptors (Lipinski definition) is 2. The molecule has 24 heavy (non-hydrogen) atoms. The van der Waals surface area contributed by atoms with E-state index in [0.29, 0.717) is 21.4 Å². The van der Waals surface area contributed by atoms with Crippen LogP contribution < -0.4 is 4.90 Å². The largest absolute Gasteiger partial charge is 0.322 e. The highest BCUT2D eigenvalue weighted by molar-refractivity contribution is 6.38. The van der Waals surface area contributed by atoms with E-state index in [-0.39, 0.29) is 23.7 Å². The Labute approximate surface area is 150 Å². The van der Waals surface area contributed by atoms with E-state index in [4.69, 9.17) is 23.2 Å². The van der Waals surface area contributed by atoms with Gasteiger partial charge < -0.3 is 4.57 Å². The normalized spacial score (nSPS) is 23.7. The fourth-order valence-corrected chi connectivity index (χ4v) is 4.29. The smallest absolute Gasteiger partial charge is 0.237 e. The summed E-state index contributed by atoms with van der Waals surface area (Å²) in [6.45, 7) is 0. The van der Waals surface area contributed by atoms with Crippen LogP contribution in [-0.4, -0.2) is 16.4 Å². The molecule has 124 valence electrons. The van der Waals surface area contributed by atoms with Gasteiger partial charge in [0.05, 0.1) is 33.3 Å². The fraction of sp³-hybridized carbons (Fsp3) is 0.333. The molecule has 1 aromatic heterocycles. The molecule has 6 heteroatoms. The third-order valence-corrected chi connectivity index (χ3v) is 5.59. The van der Waals surface area contributed by atoms with Gasteiger partial charge in [-0.05, 0) is 37.1 Å².